The Hall–Kier alpha value is -2.05. The number of aryl methyl sites for hydroxylation is 1. The van der Waals surface area contributed by atoms with Crippen molar-refractivity contribution in [3.63, 3.8) is 0 Å². The maximum Gasteiger partial charge on any atom is 0.317 e. The molecule has 20 heavy (non-hydrogen) atoms. The molecule has 0 saturated heterocycles. The lowest BCUT2D eigenvalue weighted by atomic mass is 10.2. The highest BCUT2D eigenvalue weighted by molar-refractivity contribution is 5.75. The Morgan fingerprint density at radius 1 is 1.55 bits per heavy atom. The standard InChI is InChI=1S/C13H22N4O3/c1-4-17(10(2)9-12(18)19)13(20)14-7-5-11-6-8-16(3)15-11/h6,8,10H,4-5,7,9H2,1-3H3,(H,14,20)(H,18,19). The second-order valence-corrected chi connectivity index (χ2v) is 4.70. The first-order valence-corrected chi connectivity index (χ1v) is 6.68. The molecule has 0 fully saturated rings. The molecule has 1 aromatic rings. The molecule has 1 unspecified atom stereocenters. The van der Waals surface area contributed by atoms with E-state index >= 15 is 0 Å². The Labute approximate surface area is 118 Å². The van der Waals surface area contributed by atoms with Crippen LogP contribution in [-0.2, 0) is 18.3 Å². The number of aliphatic carboxylic acids is 1. The molecule has 2 N–H and O–H groups in total. The van der Waals surface area contributed by atoms with E-state index in [4.69, 9.17) is 5.11 Å². The van der Waals surface area contributed by atoms with Crippen molar-refractivity contribution in [2.45, 2.75) is 32.7 Å². The summed E-state index contributed by atoms with van der Waals surface area (Å²) >= 11 is 0. The molecule has 0 aliphatic carbocycles. The molecule has 0 aliphatic heterocycles. The zero-order chi connectivity index (χ0) is 15.1. The van der Waals surface area contributed by atoms with E-state index in [1.807, 2.05) is 26.2 Å². The van der Waals surface area contributed by atoms with Gasteiger partial charge in [0.25, 0.3) is 0 Å². The molecule has 1 aromatic heterocycles. The minimum atomic E-state index is -0.905. The second kappa shape index (κ2) is 7.52. The molecular formula is C13H22N4O3. The molecule has 0 radical (unpaired) electrons. The zero-order valence-corrected chi connectivity index (χ0v) is 12.2. The fourth-order valence-electron chi connectivity index (χ4n) is 2.01. The first-order valence-electron chi connectivity index (χ1n) is 6.68. The molecule has 0 aliphatic rings. The predicted molar refractivity (Wildman–Crippen MR) is 74.4 cm³/mol. The summed E-state index contributed by atoms with van der Waals surface area (Å²) < 4.78 is 1.71. The van der Waals surface area contributed by atoms with Crippen LogP contribution >= 0.6 is 0 Å². The minimum Gasteiger partial charge on any atom is -0.481 e. The lowest BCUT2D eigenvalue weighted by Crippen LogP contribution is -2.46. The maximum atomic E-state index is 12.0. The van der Waals surface area contributed by atoms with Gasteiger partial charge in [-0.3, -0.25) is 9.48 Å². The van der Waals surface area contributed by atoms with Crippen LogP contribution in [0.5, 0.6) is 0 Å². The predicted octanol–water partition coefficient (Wildman–Crippen LogP) is 0.857. The van der Waals surface area contributed by atoms with Crippen molar-refractivity contribution in [1.82, 2.24) is 20.0 Å². The third kappa shape index (κ3) is 4.91. The Morgan fingerprint density at radius 3 is 2.75 bits per heavy atom. The fraction of sp³-hybridized carbons (Fsp3) is 0.615. The van der Waals surface area contributed by atoms with Gasteiger partial charge in [0, 0.05) is 38.8 Å². The third-order valence-corrected chi connectivity index (χ3v) is 3.03. The van der Waals surface area contributed by atoms with Crippen molar-refractivity contribution in [1.29, 1.82) is 0 Å². The number of nitrogens with one attached hydrogen (secondary N) is 1. The molecule has 0 bridgehead atoms. The number of amides is 2. The summed E-state index contributed by atoms with van der Waals surface area (Å²) in [5.74, 6) is -0.905. The lowest BCUT2D eigenvalue weighted by molar-refractivity contribution is -0.138. The Morgan fingerprint density at radius 2 is 2.25 bits per heavy atom. The molecule has 0 saturated carbocycles. The Bertz CT molecular complexity index is 458. The summed E-state index contributed by atoms with van der Waals surface area (Å²) in [4.78, 5) is 24.2. The van der Waals surface area contributed by atoms with E-state index in [9.17, 15) is 9.59 Å². The molecule has 7 heteroatoms. The molecule has 1 rings (SSSR count). The topological polar surface area (TPSA) is 87.5 Å². The van der Waals surface area contributed by atoms with Crippen LogP contribution in [0.1, 0.15) is 26.0 Å². The molecular weight excluding hydrogens is 260 g/mol. The van der Waals surface area contributed by atoms with Gasteiger partial charge < -0.3 is 15.3 Å². The van der Waals surface area contributed by atoms with E-state index in [1.165, 1.54) is 4.90 Å². The van der Waals surface area contributed by atoms with Crippen molar-refractivity contribution < 1.29 is 14.7 Å². The van der Waals surface area contributed by atoms with Crippen LogP contribution in [0.15, 0.2) is 12.3 Å². The normalized spacial score (nSPS) is 11.9. The van der Waals surface area contributed by atoms with Crippen LogP contribution in [0.25, 0.3) is 0 Å². The van der Waals surface area contributed by atoms with Crippen LogP contribution in [0.3, 0.4) is 0 Å². The molecule has 2 amide bonds. The lowest BCUT2D eigenvalue weighted by Gasteiger charge is -2.27. The number of rotatable bonds is 7. The van der Waals surface area contributed by atoms with E-state index in [0.29, 0.717) is 19.5 Å². The van der Waals surface area contributed by atoms with Gasteiger partial charge >= 0.3 is 12.0 Å². The first-order chi connectivity index (χ1) is 9.43. The molecule has 1 atom stereocenters. The van der Waals surface area contributed by atoms with Gasteiger partial charge in [0.05, 0.1) is 12.1 Å². The van der Waals surface area contributed by atoms with Gasteiger partial charge in [-0.05, 0) is 19.9 Å². The van der Waals surface area contributed by atoms with E-state index in [-0.39, 0.29) is 18.5 Å². The van der Waals surface area contributed by atoms with Crippen LogP contribution in [0.2, 0.25) is 0 Å². The van der Waals surface area contributed by atoms with Crippen molar-refractivity contribution in [2.75, 3.05) is 13.1 Å². The van der Waals surface area contributed by atoms with Gasteiger partial charge in [0.1, 0.15) is 0 Å². The first kappa shape index (κ1) is 16.0. The van der Waals surface area contributed by atoms with Crippen LogP contribution < -0.4 is 5.32 Å². The minimum absolute atomic E-state index is 0.0541. The smallest absolute Gasteiger partial charge is 0.317 e. The number of hydrogen-bond acceptors (Lipinski definition) is 3. The average molecular weight is 282 g/mol. The highest BCUT2D eigenvalue weighted by Gasteiger charge is 2.20. The second-order valence-electron chi connectivity index (χ2n) is 4.70. The van der Waals surface area contributed by atoms with Gasteiger partial charge in [0.2, 0.25) is 0 Å². The Balaban J connectivity index is 2.41. The van der Waals surface area contributed by atoms with E-state index in [0.717, 1.165) is 5.69 Å². The number of nitrogens with zero attached hydrogens (tertiary/aromatic N) is 3. The van der Waals surface area contributed by atoms with Gasteiger partial charge in [-0.1, -0.05) is 0 Å². The summed E-state index contributed by atoms with van der Waals surface area (Å²) in [6, 6.07) is 1.33. The number of carboxylic acid groups (broad SMARTS) is 1. The number of aromatic nitrogens is 2. The quantitative estimate of drug-likeness (QED) is 0.776. The summed E-state index contributed by atoms with van der Waals surface area (Å²) in [6.07, 6.45) is 2.45. The van der Waals surface area contributed by atoms with Crippen molar-refractivity contribution in [2.24, 2.45) is 7.05 Å². The highest BCUT2D eigenvalue weighted by atomic mass is 16.4. The summed E-state index contributed by atoms with van der Waals surface area (Å²) in [5.41, 5.74) is 0.912. The summed E-state index contributed by atoms with van der Waals surface area (Å²) in [6.45, 7) is 4.52. The number of carbonyl (C=O) groups excluding carboxylic acids is 1. The molecule has 112 valence electrons. The van der Waals surface area contributed by atoms with Crippen molar-refractivity contribution >= 4 is 12.0 Å². The SMILES string of the molecule is CCN(C(=O)NCCc1ccn(C)n1)C(C)CC(=O)O. The van der Waals surface area contributed by atoms with Gasteiger partial charge in [-0.25, -0.2) is 4.79 Å². The average Bonchev–Trinajstić information content (AvgIpc) is 2.75. The van der Waals surface area contributed by atoms with Gasteiger partial charge in [-0.15, -0.1) is 0 Å². The monoisotopic (exact) mass is 282 g/mol. The highest BCUT2D eigenvalue weighted by Crippen LogP contribution is 2.04. The van der Waals surface area contributed by atoms with Crippen LogP contribution in [0, 0.1) is 0 Å². The Kier molecular flexibility index (Phi) is 6.02. The van der Waals surface area contributed by atoms with Gasteiger partial charge in [0.15, 0.2) is 0 Å². The van der Waals surface area contributed by atoms with Crippen LogP contribution in [-0.4, -0.2) is 50.9 Å². The van der Waals surface area contributed by atoms with E-state index in [1.54, 1.807) is 11.6 Å². The van der Waals surface area contributed by atoms with Crippen molar-refractivity contribution in [3.8, 4) is 0 Å². The fourth-order valence-corrected chi connectivity index (χ4v) is 2.01. The summed E-state index contributed by atoms with van der Waals surface area (Å²) in [7, 11) is 1.84. The number of urea groups is 1. The summed E-state index contributed by atoms with van der Waals surface area (Å²) in [5, 5.41) is 15.8. The van der Waals surface area contributed by atoms with E-state index in [2.05, 4.69) is 10.4 Å². The molecule has 1 heterocycles. The largest absolute Gasteiger partial charge is 0.481 e. The van der Waals surface area contributed by atoms with Crippen molar-refractivity contribution in [3.05, 3.63) is 18.0 Å². The number of hydrogen-bond donors (Lipinski definition) is 2. The molecule has 7 nitrogen and oxygen atoms in total. The van der Waals surface area contributed by atoms with Gasteiger partial charge in [-0.2, -0.15) is 5.10 Å². The van der Waals surface area contributed by atoms with E-state index < -0.39 is 5.97 Å². The maximum absolute atomic E-state index is 12.0. The zero-order valence-electron chi connectivity index (χ0n) is 12.2. The number of carbonyl (C=O) groups is 2. The number of carboxylic acids is 1. The molecule has 0 aromatic carbocycles. The molecule has 0 spiro atoms. The van der Waals surface area contributed by atoms with Crippen LogP contribution in [0.4, 0.5) is 4.79 Å². The third-order valence-electron chi connectivity index (χ3n) is 3.03.